The van der Waals surface area contributed by atoms with Gasteiger partial charge in [0.05, 0.1) is 0 Å². The summed E-state index contributed by atoms with van der Waals surface area (Å²) in [6, 6.07) is 8.18. The number of hydrogen-bond acceptors (Lipinski definition) is 2. The van der Waals surface area contributed by atoms with Gasteiger partial charge in [-0.25, -0.2) is 0 Å². The van der Waals surface area contributed by atoms with Crippen molar-refractivity contribution in [2.24, 2.45) is 5.73 Å². The molecule has 72 valence electrons. The van der Waals surface area contributed by atoms with Crippen molar-refractivity contribution >= 4 is 72.1 Å². The Bertz CT molecular complexity index is 308. The SMILES string of the molecule is C=Cc1ccc(CSC(N)=S)cc1.[CaH2]. The summed E-state index contributed by atoms with van der Waals surface area (Å²) in [5.41, 5.74) is 7.73. The van der Waals surface area contributed by atoms with Crippen molar-refractivity contribution < 1.29 is 0 Å². The van der Waals surface area contributed by atoms with Crippen molar-refractivity contribution in [2.45, 2.75) is 5.75 Å². The standard InChI is InChI=1S/C10H11NS2.Ca.2H/c1-2-8-3-5-9(6-4-8)7-13-10(11)12;;;/h2-6H,1,7H2,(H2,11,12);;;. The van der Waals surface area contributed by atoms with Crippen LogP contribution < -0.4 is 5.73 Å². The van der Waals surface area contributed by atoms with E-state index in [2.05, 4.69) is 18.7 Å². The molecule has 0 heterocycles. The third kappa shape index (κ3) is 5.37. The Morgan fingerprint density at radius 2 is 2.00 bits per heavy atom. The molecule has 14 heavy (non-hydrogen) atoms. The number of thioether (sulfide) groups is 1. The molecule has 0 bridgehead atoms. The molecule has 1 nitrogen and oxygen atoms in total. The molecule has 0 radical (unpaired) electrons. The molecular formula is C10H13CaNS2. The van der Waals surface area contributed by atoms with E-state index in [-0.39, 0.29) is 37.7 Å². The van der Waals surface area contributed by atoms with Gasteiger partial charge in [-0.05, 0) is 11.1 Å². The van der Waals surface area contributed by atoms with Crippen LogP contribution in [0.5, 0.6) is 0 Å². The average Bonchev–Trinajstić information content (AvgIpc) is 2.15. The molecular weight excluding hydrogens is 238 g/mol. The number of nitrogens with two attached hydrogens (primary N) is 1. The molecule has 0 aliphatic heterocycles. The van der Waals surface area contributed by atoms with E-state index in [0.717, 1.165) is 11.3 Å². The first-order valence-electron chi connectivity index (χ1n) is 3.86. The van der Waals surface area contributed by atoms with Gasteiger partial charge in [-0.2, -0.15) is 0 Å². The maximum atomic E-state index is 5.37. The second-order valence-corrected chi connectivity index (χ2v) is 4.27. The van der Waals surface area contributed by atoms with Gasteiger partial charge in [0.1, 0.15) is 4.32 Å². The summed E-state index contributed by atoms with van der Waals surface area (Å²) in [7, 11) is 0. The van der Waals surface area contributed by atoms with Crippen molar-refractivity contribution in [3.8, 4) is 0 Å². The first kappa shape index (κ1) is 14.5. The molecule has 0 aromatic heterocycles. The maximum absolute atomic E-state index is 5.37. The Hall–Kier alpha value is 0.460. The number of thiocarbonyl (C=S) groups is 1. The molecule has 0 aliphatic rings. The van der Waals surface area contributed by atoms with Crippen LogP contribution in [-0.4, -0.2) is 42.1 Å². The zero-order valence-corrected chi connectivity index (χ0v) is 8.83. The molecule has 0 unspecified atom stereocenters. The zero-order chi connectivity index (χ0) is 9.68. The normalized spacial score (nSPS) is 8.86. The van der Waals surface area contributed by atoms with Gasteiger partial charge in [0.15, 0.2) is 0 Å². The third-order valence-electron chi connectivity index (χ3n) is 1.60. The van der Waals surface area contributed by atoms with Crippen LogP contribution in [0.3, 0.4) is 0 Å². The third-order valence-corrected chi connectivity index (χ3v) is 2.71. The molecule has 1 aromatic rings. The fraction of sp³-hybridized carbons (Fsp3) is 0.100. The molecule has 1 aromatic carbocycles. The van der Waals surface area contributed by atoms with Gasteiger partial charge < -0.3 is 5.73 Å². The zero-order valence-electron chi connectivity index (χ0n) is 7.19. The summed E-state index contributed by atoms with van der Waals surface area (Å²) in [5.74, 6) is 0.840. The van der Waals surface area contributed by atoms with Gasteiger partial charge in [-0.1, -0.05) is 60.9 Å². The van der Waals surface area contributed by atoms with Gasteiger partial charge in [-0.15, -0.1) is 0 Å². The fourth-order valence-electron chi connectivity index (χ4n) is 0.904. The second kappa shape index (κ2) is 7.71. The molecule has 4 heteroatoms. The molecule has 0 saturated carbocycles. The van der Waals surface area contributed by atoms with E-state index >= 15 is 0 Å². The van der Waals surface area contributed by atoms with Gasteiger partial charge >= 0.3 is 37.7 Å². The van der Waals surface area contributed by atoms with Gasteiger partial charge in [0.25, 0.3) is 0 Å². The predicted molar refractivity (Wildman–Crippen MR) is 73.2 cm³/mol. The van der Waals surface area contributed by atoms with Gasteiger partial charge in [0.2, 0.25) is 0 Å². The van der Waals surface area contributed by atoms with Crippen molar-refractivity contribution in [2.75, 3.05) is 0 Å². The van der Waals surface area contributed by atoms with Crippen LogP contribution in [0.15, 0.2) is 30.8 Å². The van der Waals surface area contributed by atoms with Crippen LogP contribution in [0, 0.1) is 0 Å². The predicted octanol–water partition coefficient (Wildman–Crippen LogP) is 1.89. The van der Waals surface area contributed by atoms with Crippen molar-refractivity contribution in [1.29, 1.82) is 0 Å². The van der Waals surface area contributed by atoms with E-state index in [4.69, 9.17) is 18.0 Å². The van der Waals surface area contributed by atoms with Crippen LogP contribution in [-0.2, 0) is 5.75 Å². The van der Waals surface area contributed by atoms with E-state index in [9.17, 15) is 0 Å². The van der Waals surface area contributed by atoms with Crippen molar-refractivity contribution in [3.63, 3.8) is 0 Å². The summed E-state index contributed by atoms with van der Waals surface area (Å²) in [5, 5.41) is 0. The monoisotopic (exact) mass is 251 g/mol. The molecule has 0 amide bonds. The van der Waals surface area contributed by atoms with E-state index in [0.29, 0.717) is 4.32 Å². The topological polar surface area (TPSA) is 26.0 Å². The molecule has 0 atom stereocenters. The quantitative estimate of drug-likeness (QED) is 0.656. The van der Waals surface area contributed by atoms with E-state index < -0.39 is 0 Å². The Morgan fingerprint density at radius 1 is 1.43 bits per heavy atom. The molecule has 0 aliphatic carbocycles. The average molecular weight is 251 g/mol. The number of hydrogen-bond donors (Lipinski definition) is 1. The van der Waals surface area contributed by atoms with Crippen LogP contribution in [0.25, 0.3) is 6.08 Å². The van der Waals surface area contributed by atoms with Crippen LogP contribution in [0.4, 0.5) is 0 Å². The minimum atomic E-state index is 0. The van der Waals surface area contributed by atoms with E-state index in [1.54, 1.807) is 0 Å². The fourth-order valence-corrected chi connectivity index (χ4v) is 1.58. The summed E-state index contributed by atoms with van der Waals surface area (Å²) in [6.45, 7) is 3.69. The first-order valence-corrected chi connectivity index (χ1v) is 5.25. The minimum absolute atomic E-state index is 0. The van der Waals surface area contributed by atoms with Crippen LogP contribution in [0.2, 0.25) is 0 Å². The first-order chi connectivity index (χ1) is 6.22. The summed E-state index contributed by atoms with van der Waals surface area (Å²) in [4.78, 5) is 0. The summed E-state index contributed by atoms with van der Waals surface area (Å²) < 4.78 is 0.493. The molecule has 0 saturated heterocycles. The van der Waals surface area contributed by atoms with Gasteiger partial charge in [0, 0.05) is 5.75 Å². The van der Waals surface area contributed by atoms with Crippen molar-refractivity contribution in [3.05, 3.63) is 42.0 Å². The Kier molecular flexibility index (Phi) is 7.97. The summed E-state index contributed by atoms with van der Waals surface area (Å²) >= 11 is 6.25. The van der Waals surface area contributed by atoms with E-state index in [1.165, 1.54) is 17.3 Å². The Balaban J connectivity index is 0.00000169. The molecule has 0 spiro atoms. The molecule has 0 fully saturated rings. The van der Waals surface area contributed by atoms with Gasteiger partial charge in [-0.3, -0.25) is 0 Å². The Labute approximate surface area is 124 Å². The Morgan fingerprint density at radius 3 is 2.43 bits per heavy atom. The number of benzene rings is 1. The van der Waals surface area contributed by atoms with Crippen LogP contribution >= 0.6 is 24.0 Å². The van der Waals surface area contributed by atoms with Crippen LogP contribution in [0.1, 0.15) is 11.1 Å². The van der Waals surface area contributed by atoms with E-state index in [1.807, 2.05) is 18.2 Å². The summed E-state index contributed by atoms with van der Waals surface area (Å²) in [6.07, 6.45) is 1.82. The number of rotatable bonds is 3. The second-order valence-electron chi connectivity index (χ2n) is 2.55. The van der Waals surface area contributed by atoms with Crippen molar-refractivity contribution in [1.82, 2.24) is 0 Å². The molecule has 1 rings (SSSR count). The molecule has 2 N–H and O–H groups in total.